The fourth-order valence-electron chi connectivity index (χ4n) is 0.745. The smallest absolute Gasteiger partial charge is 0.207 e. The molecule has 6 heteroatoms. The Morgan fingerprint density at radius 3 is 2.43 bits per heavy atom. The Morgan fingerprint density at radius 1 is 1.36 bits per heavy atom. The van der Waals surface area contributed by atoms with Crippen LogP contribution in [-0.4, -0.2) is 20.9 Å². The fourth-order valence-corrected chi connectivity index (χ4v) is 0.990. The second-order valence-electron chi connectivity index (χ2n) is 2.67. The van der Waals surface area contributed by atoms with E-state index in [4.69, 9.17) is 0 Å². The van der Waals surface area contributed by atoms with E-state index in [9.17, 15) is 12.8 Å². The van der Waals surface area contributed by atoms with Crippen molar-refractivity contribution in [3.05, 3.63) is 35.6 Å². The van der Waals surface area contributed by atoms with Crippen molar-refractivity contribution in [3.63, 3.8) is 0 Å². The summed E-state index contributed by atoms with van der Waals surface area (Å²) in [6.07, 6.45) is 2.29. The molecular formula is C8H9FN2O2S. The maximum absolute atomic E-state index is 12.4. The Morgan fingerprint density at radius 2 is 1.93 bits per heavy atom. The van der Waals surface area contributed by atoms with Gasteiger partial charge in [0.25, 0.3) is 0 Å². The number of halogens is 1. The Kier molecular flexibility index (Phi) is 3.19. The van der Waals surface area contributed by atoms with E-state index in [1.165, 1.54) is 30.5 Å². The van der Waals surface area contributed by atoms with Crippen molar-refractivity contribution in [2.45, 2.75) is 0 Å². The van der Waals surface area contributed by atoms with Crippen molar-refractivity contribution in [3.8, 4) is 0 Å². The topological polar surface area (TPSA) is 58.5 Å². The molecule has 4 nitrogen and oxygen atoms in total. The number of hydrogen-bond acceptors (Lipinski definition) is 3. The van der Waals surface area contributed by atoms with E-state index in [1.54, 1.807) is 0 Å². The molecule has 0 bridgehead atoms. The number of sulfonamides is 1. The van der Waals surface area contributed by atoms with Crippen LogP contribution in [0, 0.1) is 5.82 Å². The summed E-state index contributed by atoms with van der Waals surface area (Å²) in [6, 6.07) is 5.51. The highest BCUT2D eigenvalue weighted by molar-refractivity contribution is 7.88. The third kappa shape index (κ3) is 3.99. The highest BCUT2D eigenvalue weighted by Gasteiger charge is 1.94. The molecule has 76 valence electrons. The van der Waals surface area contributed by atoms with E-state index in [2.05, 4.69) is 5.10 Å². The van der Waals surface area contributed by atoms with Gasteiger partial charge in [0, 0.05) is 0 Å². The Labute approximate surface area is 81.5 Å². The minimum absolute atomic E-state index is 0.349. The van der Waals surface area contributed by atoms with Gasteiger partial charge in [0.15, 0.2) is 0 Å². The molecule has 0 unspecified atom stereocenters. The zero-order valence-electron chi connectivity index (χ0n) is 7.44. The lowest BCUT2D eigenvalue weighted by atomic mass is 10.2. The van der Waals surface area contributed by atoms with Crippen LogP contribution in [0.25, 0.3) is 0 Å². The summed E-state index contributed by atoms with van der Waals surface area (Å²) in [5, 5.41) is 3.46. The molecule has 0 saturated carbocycles. The zero-order chi connectivity index (χ0) is 10.6. The highest BCUT2D eigenvalue weighted by Crippen LogP contribution is 1.99. The number of nitrogens with zero attached hydrogens (tertiary/aromatic N) is 1. The second kappa shape index (κ2) is 4.19. The lowest BCUT2D eigenvalue weighted by Gasteiger charge is -1.94. The molecule has 0 aliphatic rings. The summed E-state index contributed by atoms with van der Waals surface area (Å²) >= 11 is 0. The Balaban J connectivity index is 2.65. The van der Waals surface area contributed by atoms with Gasteiger partial charge >= 0.3 is 0 Å². The summed E-state index contributed by atoms with van der Waals surface area (Å²) in [7, 11) is -3.32. The van der Waals surface area contributed by atoms with Crippen LogP contribution in [0.3, 0.4) is 0 Å². The van der Waals surface area contributed by atoms with Crippen LogP contribution < -0.4 is 4.83 Å². The van der Waals surface area contributed by atoms with Crippen LogP contribution in [0.1, 0.15) is 5.56 Å². The van der Waals surface area contributed by atoms with Crippen molar-refractivity contribution in [2.75, 3.05) is 6.26 Å². The lowest BCUT2D eigenvalue weighted by Crippen LogP contribution is -2.15. The average molecular weight is 216 g/mol. The van der Waals surface area contributed by atoms with Gasteiger partial charge in [0.1, 0.15) is 5.82 Å². The van der Waals surface area contributed by atoms with E-state index in [0.29, 0.717) is 5.56 Å². The minimum atomic E-state index is -3.32. The number of benzene rings is 1. The van der Waals surface area contributed by atoms with Crippen molar-refractivity contribution >= 4 is 16.2 Å². The molecule has 0 spiro atoms. The van der Waals surface area contributed by atoms with E-state index in [1.807, 2.05) is 4.83 Å². The first-order chi connectivity index (χ1) is 6.47. The third-order valence-electron chi connectivity index (χ3n) is 1.30. The molecule has 0 aromatic heterocycles. The zero-order valence-corrected chi connectivity index (χ0v) is 8.25. The van der Waals surface area contributed by atoms with Gasteiger partial charge in [-0.15, -0.1) is 0 Å². The van der Waals surface area contributed by atoms with Crippen LogP contribution in [0.15, 0.2) is 29.4 Å². The molecule has 1 rings (SSSR count). The predicted octanol–water partition coefficient (Wildman–Crippen LogP) is 0.709. The molecule has 0 amide bonds. The molecule has 1 N–H and O–H groups in total. The van der Waals surface area contributed by atoms with Gasteiger partial charge in [-0.05, 0) is 17.7 Å². The molecule has 1 aromatic carbocycles. The van der Waals surface area contributed by atoms with Gasteiger partial charge in [-0.3, -0.25) is 0 Å². The first-order valence-electron chi connectivity index (χ1n) is 3.73. The summed E-state index contributed by atoms with van der Waals surface area (Å²) in [4.78, 5) is 1.93. The van der Waals surface area contributed by atoms with Gasteiger partial charge in [-0.25, -0.2) is 17.6 Å². The van der Waals surface area contributed by atoms with Gasteiger partial charge in [0.05, 0.1) is 12.5 Å². The fraction of sp³-hybridized carbons (Fsp3) is 0.125. The number of hydrogen-bond donors (Lipinski definition) is 1. The first kappa shape index (κ1) is 10.6. The quantitative estimate of drug-likeness (QED) is 0.597. The molecular weight excluding hydrogens is 207 g/mol. The van der Waals surface area contributed by atoms with Crippen LogP contribution in [0.2, 0.25) is 0 Å². The molecule has 0 atom stereocenters. The van der Waals surface area contributed by atoms with E-state index < -0.39 is 10.0 Å². The highest BCUT2D eigenvalue weighted by atomic mass is 32.2. The van der Waals surface area contributed by atoms with Crippen molar-refractivity contribution in [1.82, 2.24) is 4.83 Å². The van der Waals surface area contributed by atoms with Gasteiger partial charge < -0.3 is 0 Å². The molecule has 14 heavy (non-hydrogen) atoms. The normalized spacial score (nSPS) is 11.9. The molecule has 0 fully saturated rings. The largest absolute Gasteiger partial charge is 0.244 e. The average Bonchev–Trinajstić information content (AvgIpc) is 2.06. The lowest BCUT2D eigenvalue weighted by molar-refractivity contribution is 0.591. The number of hydrazone groups is 1. The summed E-state index contributed by atoms with van der Waals surface area (Å²) in [6.45, 7) is 0. The summed E-state index contributed by atoms with van der Waals surface area (Å²) in [5.74, 6) is -0.349. The van der Waals surface area contributed by atoms with Crippen molar-refractivity contribution < 1.29 is 12.8 Å². The van der Waals surface area contributed by atoms with Gasteiger partial charge in [-0.2, -0.15) is 5.10 Å². The molecule has 0 aliphatic heterocycles. The van der Waals surface area contributed by atoms with E-state index in [-0.39, 0.29) is 5.82 Å². The number of rotatable bonds is 3. The second-order valence-corrected chi connectivity index (χ2v) is 4.40. The van der Waals surface area contributed by atoms with E-state index in [0.717, 1.165) is 6.26 Å². The Bertz CT molecular complexity index is 425. The SMILES string of the molecule is CS(=O)(=O)N/N=C/c1ccc(F)cc1. The van der Waals surface area contributed by atoms with E-state index >= 15 is 0 Å². The monoisotopic (exact) mass is 216 g/mol. The molecule has 0 aliphatic carbocycles. The Hall–Kier alpha value is -1.43. The van der Waals surface area contributed by atoms with Crippen molar-refractivity contribution in [2.24, 2.45) is 5.10 Å². The van der Waals surface area contributed by atoms with Crippen LogP contribution in [0.4, 0.5) is 4.39 Å². The standard InChI is InChI=1S/C8H9FN2O2S/c1-14(12,13)11-10-6-7-2-4-8(9)5-3-7/h2-6,11H,1H3/b10-6+. The third-order valence-corrected chi connectivity index (χ3v) is 1.74. The minimum Gasteiger partial charge on any atom is -0.207 e. The van der Waals surface area contributed by atoms with Gasteiger partial charge in [-0.1, -0.05) is 12.1 Å². The van der Waals surface area contributed by atoms with Crippen molar-refractivity contribution in [1.29, 1.82) is 0 Å². The van der Waals surface area contributed by atoms with Gasteiger partial charge in [0.2, 0.25) is 10.0 Å². The molecule has 0 heterocycles. The number of nitrogens with one attached hydrogen (secondary N) is 1. The maximum Gasteiger partial charge on any atom is 0.244 e. The van der Waals surface area contributed by atoms with Crippen LogP contribution >= 0.6 is 0 Å². The first-order valence-corrected chi connectivity index (χ1v) is 5.62. The molecule has 0 radical (unpaired) electrons. The summed E-state index contributed by atoms with van der Waals surface area (Å²) < 4.78 is 33.6. The summed E-state index contributed by atoms with van der Waals surface area (Å²) in [5.41, 5.74) is 0.613. The van der Waals surface area contributed by atoms with Crippen LogP contribution in [-0.2, 0) is 10.0 Å². The molecule has 0 saturated heterocycles. The predicted molar refractivity (Wildman–Crippen MR) is 52.0 cm³/mol. The molecule has 1 aromatic rings. The maximum atomic E-state index is 12.4. The van der Waals surface area contributed by atoms with Crippen LogP contribution in [0.5, 0.6) is 0 Å².